The van der Waals surface area contributed by atoms with Gasteiger partial charge in [-0.25, -0.2) is 0 Å². The van der Waals surface area contributed by atoms with Gasteiger partial charge in [0.1, 0.15) is 0 Å². The summed E-state index contributed by atoms with van der Waals surface area (Å²) in [7, 11) is 0. The molecular weight excluding hydrogens is 394 g/mol. The highest BCUT2D eigenvalue weighted by atomic mass is 35.5. The lowest BCUT2D eigenvalue weighted by molar-refractivity contribution is -0.385. The normalized spacial score (nSPS) is 10.3. The molecular formula is C21H16ClN3O4. The topological polar surface area (TPSA) is 101 Å². The van der Waals surface area contributed by atoms with Crippen LogP contribution in [0.5, 0.6) is 0 Å². The molecule has 0 aliphatic rings. The summed E-state index contributed by atoms with van der Waals surface area (Å²) in [5.74, 6) is -0.747. The van der Waals surface area contributed by atoms with Gasteiger partial charge in [0, 0.05) is 39.2 Å². The molecule has 0 saturated carbocycles. The molecule has 0 heterocycles. The van der Waals surface area contributed by atoms with Gasteiger partial charge in [0.15, 0.2) is 0 Å². The van der Waals surface area contributed by atoms with Crippen molar-refractivity contribution in [2.75, 3.05) is 10.6 Å². The van der Waals surface area contributed by atoms with Gasteiger partial charge >= 0.3 is 0 Å². The van der Waals surface area contributed by atoms with Crippen LogP contribution in [0, 0.1) is 17.0 Å². The Bertz CT molecular complexity index is 1110. The zero-order valence-electron chi connectivity index (χ0n) is 15.3. The van der Waals surface area contributed by atoms with Gasteiger partial charge in [-0.2, -0.15) is 0 Å². The lowest BCUT2D eigenvalue weighted by Gasteiger charge is -2.10. The van der Waals surface area contributed by atoms with Gasteiger partial charge in [0.25, 0.3) is 17.5 Å². The van der Waals surface area contributed by atoms with E-state index >= 15 is 0 Å². The standard InChI is InChI=1S/C21H16ClN3O4/c1-13-10-15(8-9-19(13)25(28)29)21(27)24-18-7-3-6-17(12-18)23-20(26)14-4-2-5-16(22)11-14/h2-12H,1H3,(H,23,26)(H,24,27). The van der Waals surface area contributed by atoms with Gasteiger partial charge in [-0.3, -0.25) is 19.7 Å². The van der Waals surface area contributed by atoms with Crippen molar-refractivity contribution in [3.63, 3.8) is 0 Å². The second-order valence-corrected chi connectivity index (χ2v) is 6.69. The third kappa shape index (κ3) is 4.97. The van der Waals surface area contributed by atoms with Crippen molar-refractivity contribution in [2.45, 2.75) is 6.92 Å². The molecule has 0 atom stereocenters. The average molecular weight is 410 g/mol. The molecule has 3 aromatic rings. The van der Waals surface area contributed by atoms with E-state index in [1.807, 2.05) is 0 Å². The summed E-state index contributed by atoms with van der Waals surface area (Å²) in [5, 5.41) is 16.8. The van der Waals surface area contributed by atoms with E-state index in [1.54, 1.807) is 55.5 Å². The monoisotopic (exact) mass is 409 g/mol. The minimum atomic E-state index is -0.497. The van der Waals surface area contributed by atoms with Gasteiger partial charge in [-0.1, -0.05) is 23.7 Å². The second-order valence-electron chi connectivity index (χ2n) is 6.26. The Morgan fingerprint density at radius 1 is 0.862 bits per heavy atom. The van der Waals surface area contributed by atoms with Crippen molar-refractivity contribution in [2.24, 2.45) is 0 Å². The molecule has 2 N–H and O–H groups in total. The first-order chi connectivity index (χ1) is 13.8. The molecule has 0 bridgehead atoms. The van der Waals surface area contributed by atoms with Crippen LogP contribution in [-0.2, 0) is 0 Å². The SMILES string of the molecule is Cc1cc(C(=O)Nc2cccc(NC(=O)c3cccc(Cl)c3)c2)ccc1[N+](=O)[O-]. The number of aryl methyl sites for hydroxylation is 1. The first kappa shape index (κ1) is 20.0. The molecule has 0 aliphatic heterocycles. The van der Waals surface area contributed by atoms with E-state index in [9.17, 15) is 19.7 Å². The number of anilines is 2. The van der Waals surface area contributed by atoms with Crippen LogP contribution in [0.1, 0.15) is 26.3 Å². The maximum Gasteiger partial charge on any atom is 0.272 e. The van der Waals surface area contributed by atoms with Gasteiger partial charge in [0.05, 0.1) is 4.92 Å². The maximum atomic E-state index is 12.5. The zero-order valence-corrected chi connectivity index (χ0v) is 16.1. The van der Waals surface area contributed by atoms with Crippen LogP contribution in [0.4, 0.5) is 17.1 Å². The minimum absolute atomic E-state index is 0.0488. The molecule has 7 nitrogen and oxygen atoms in total. The van der Waals surface area contributed by atoms with Gasteiger partial charge in [-0.15, -0.1) is 0 Å². The first-order valence-corrected chi connectivity index (χ1v) is 8.94. The summed E-state index contributed by atoms with van der Waals surface area (Å²) in [4.78, 5) is 35.2. The van der Waals surface area contributed by atoms with Gasteiger partial charge in [-0.05, 0) is 55.5 Å². The Labute approximate surface area is 171 Å². The third-order valence-corrected chi connectivity index (χ3v) is 4.36. The van der Waals surface area contributed by atoms with E-state index < -0.39 is 10.8 Å². The highest BCUT2D eigenvalue weighted by Gasteiger charge is 2.14. The fourth-order valence-corrected chi connectivity index (χ4v) is 2.90. The summed E-state index contributed by atoms with van der Waals surface area (Å²) in [6.07, 6.45) is 0. The van der Waals surface area contributed by atoms with E-state index in [2.05, 4.69) is 10.6 Å². The number of nitro benzene ring substituents is 1. The largest absolute Gasteiger partial charge is 0.322 e. The number of nitro groups is 1. The molecule has 2 amide bonds. The molecule has 8 heteroatoms. The maximum absolute atomic E-state index is 12.5. The number of nitrogens with one attached hydrogen (secondary N) is 2. The Balaban J connectivity index is 1.72. The Morgan fingerprint density at radius 3 is 2.00 bits per heavy atom. The van der Waals surface area contributed by atoms with Crippen LogP contribution >= 0.6 is 11.6 Å². The van der Waals surface area contributed by atoms with Crippen LogP contribution in [0.15, 0.2) is 66.7 Å². The van der Waals surface area contributed by atoms with Crippen molar-refractivity contribution < 1.29 is 14.5 Å². The number of carbonyl (C=O) groups excluding carboxylic acids is 2. The van der Waals surface area contributed by atoms with Crippen LogP contribution in [0.2, 0.25) is 5.02 Å². The smallest absolute Gasteiger partial charge is 0.272 e. The Hall–Kier alpha value is -3.71. The molecule has 3 aromatic carbocycles. The number of carbonyl (C=O) groups is 2. The van der Waals surface area contributed by atoms with Crippen LogP contribution in [0.25, 0.3) is 0 Å². The quantitative estimate of drug-likeness (QED) is 0.454. The number of benzene rings is 3. The fraction of sp³-hybridized carbons (Fsp3) is 0.0476. The summed E-state index contributed by atoms with van der Waals surface area (Å²) in [5.41, 5.74) is 2.01. The summed E-state index contributed by atoms with van der Waals surface area (Å²) in [6, 6.07) is 17.4. The third-order valence-electron chi connectivity index (χ3n) is 4.12. The Kier molecular flexibility index (Phi) is 5.90. The summed E-state index contributed by atoms with van der Waals surface area (Å²) in [6.45, 7) is 1.57. The predicted octanol–water partition coefficient (Wildman–Crippen LogP) is 5.06. The second kappa shape index (κ2) is 8.53. The van der Waals surface area contributed by atoms with Crippen molar-refractivity contribution in [3.8, 4) is 0 Å². The zero-order chi connectivity index (χ0) is 21.0. The van der Waals surface area contributed by atoms with Gasteiger partial charge < -0.3 is 10.6 Å². The predicted molar refractivity (Wildman–Crippen MR) is 112 cm³/mol. The highest BCUT2D eigenvalue weighted by molar-refractivity contribution is 6.31. The summed E-state index contributed by atoms with van der Waals surface area (Å²) < 4.78 is 0. The number of amides is 2. The minimum Gasteiger partial charge on any atom is -0.322 e. The van der Waals surface area contributed by atoms with E-state index in [0.717, 1.165) is 0 Å². The van der Waals surface area contributed by atoms with Crippen LogP contribution in [0.3, 0.4) is 0 Å². The molecule has 0 unspecified atom stereocenters. The number of halogens is 1. The average Bonchev–Trinajstić information content (AvgIpc) is 2.67. The lowest BCUT2D eigenvalue weighted by atomic mass is 10.1. The van der Waals surface area contributed by atoms with Crippen molar-refractivity contribution >= 4 is 40.5 Å². The van der Waals surface area contributed by atoms with Crippen molar-refractivity contribution in [3.05, 3.63) is 98.6 Å². The van der Waals surface area contributed by atoms with E-state index in [-0.39, 0.29) is 11.6 Å². The first-order valence-electron chi connectivity index (χ1n) is 8.57. The molecule has 0 aliphatic carbocycles. The molecule has 3 rings (SSSR count). The molecule has 0 radical (unpaired) electrons. The van der Waals surface area contributed by atoms with Crippen LogP contribution < -0.4 is 10.6 Å². The molecule has 29 heavy (non-hydrogen) atoms. The number of hydrogen-bond acceptors (Lipinski definition) is 4. The van der Waals surface area contributed by atoms with E-state index in [0.29, 0.717) is 33.1 Å². The van der Waals surface area contributed by atoms with Crippen LogP contribution in [-0.4, -0.2) is 16.7 Å². The molecule has 0 saturated heterocycles. The highest BCUT2D eigenvalue weighted by Crippen LogP contribution is 2.21. The lowest BCUT2D eigenvalue weighted by Crippen LogP contribution is -2.14. The van der Waals surface area contributed by atoms with Crippen molar-refractivity contribution in [1.29, 1.82) is 0 Å². The summed E-state index contributed by atoms with van der Waals surface area (Å²) >= 11 is 5.91. The number of rotatable bonds is 5. The molecule has 0 aromatic heterocycles. The molecule has 0 spiro atoms. The molecule has 146 valence electrons. The molecule has 0 fully saturated rings. The van der Waals surface area contributed by atoms with Gasteiger partial charge in [0.2, 0.25) is 0 Å². The fourth-order valence-electron chi connectivity index (χ4n) is 2.71. The van der Waals surface area contributed by atoms with E-state index in [1.165, 1.54) is 18.2 Å². The van der Waals surface area contributed by atoms with E-state index in [4.69, 9.17) is 11.6 Å². The number of hydrogen-bond donors (Lipinski definition) is 2. The number of nitrogens with zero attached hydrogens (tertiary/aromatic N) is 1. The Morgan fingerprint density at radius 2 is 1.45 bits per heavy atom. The van der Waals surface area contributed by atoms with Crippen molar-refractivity contribution in [1.82, 2.24) is 0 Å².